The van der Waals surface area contributed by atoms with Crippen LogP contribution < -0.4 is 16.4 Å². The van der Waals surface area contributed by atoms with Crippen LogP contribution in [0.3, 0.4) is 0 Å². The molecular formula is C17H25FN4O2S. The van der Waals surface area contributed by atoms with E-state index in [-0.39, 0.29) is 23.1 Å². The van der Waals surface area contributed by atoms with Gasteiger partial charge in [-0.15, -0.1) is 0 Å². The third-order valence-electron chi connectivity index (χ3n) is 3.75. The number of carbonyl (C=O) groups excluding carboxylic acids is 1. The molecule has 1 saturated heterocycles. The molecule has 6 nitrogen and oxygen atoms in total. The molecule has 0 radical (unpaired) electrons. The largest absolute Gasteiger partial charge is 0.444 e. The first-order valence-electron chi connectivity index (χ1n) is 8.24. The van der Waals surface area contributed by atoms with Crippen LogP contribution in [-0.4, -0.2) is 40.8 Å². The molecule has 8 heteroatoms. The number of nitrogens with zero attached hydrogens (tertiary/aromatic N) is 1. The predicted octanol–water partition coefficient (Wildman–Crippen LogP) is 3.29. The van der Waals surface area contributed by atoms with E-state index in [9.17, 15) is 9.18 Å². The molecule has 0 unspecified atom stereocenters. The summed E-state index contributed by atoms with van der Waals surface area (Å²) in [4.78, 5) is 13.8. The van der Waals surface area contributed by atoms with Crippen molar-refractivity contribution in [1.82, 2.24) is 4.90 Å². The maximum absolute atomic E-state index is 13.4. The fourth-order valence-electron chi connectivity index (χ4n) is 2.63. The Morgan fingerprint density at radius 1 is 1.32 bits per heavy atom. The summed E-state index contributed by atoms with van der Waals surface area (Å²) in [7, 11) is 0. The number of likely N-dealkylation sites (tertiary alicyclic amines) is 1. The number of nitrogens with one attached hydrogen (secondary N) is 2. The van der Waals surface area contributed by atoms with Gasteiger partial charge in [0, 0.05) is 19.1 Å². The molecule has 1 aliphatic heterocycles. The molecule has 0 aliphatic carbocycles. The Labute approximate surface area is 152 Å². The molecule has 0 aromatic heterocycles. The van der Waals surface area contributed by atoms with Gasteiger partial charge in [0.1, 0.15) is 11.4 Å². The third kappa shape index (κ3) is 6.04. The lowest BCUT2D eigenvalue weighted by Crippen LogP contribution is -2.44. The van der Waals surface area contributed by atoms with Gasteiger partial charge in [0.15, 0.2) is 5.11 Å². The van der Waals surface area contributed by atoms with Crippen molar-refractivity contribution in [3.8, 4) is 0 Å². The van der Waals surface area contributed by atoms with Crippen molar-refractivity contribution in [3.05, 3.63) is 24.0 Å². The van der Waals surface area contributed by atoms with E-state index in [1.54, 1.807) is 11.0 Å². The van der Waals surface area contributed by atoms with Gasteiger partial charge < -0.3 is 26.0 Å². The first-order valence-corrected chi connectivity index (χ1v) is 8.65. The van der Waals surface area contributed by atoms with E-state index in [0.29, 0.717) is 18.8 Å². The van der Waals surface area contributed by atoms with Crippen LogP contribution >= 0.6 is 12.2 Å². The van der Waals surface area contributed by atoms with E-state index in [1.807, 2.05) is 20.8 Å². The second kappa shape index (κ2) is 7.86. The van der Waals surface area contributed by atoms with Crippen molar-refractivity contribution in [1.29, 1.82) is 0 Å². The molecule has 0 spiro atoms. The summed E-state index contributed by atoms with van der Waals surface area (Å²) in [5.41, 5.74) is 6.22. The molecule has 1 fully saturated rings. The molecule has 0 atom stereocenters. The molecular weight excluding hydrogens is 343 g/mol. The zero-order chi connectivity index (χ0) is 18.6. The topological polar surface area (TPSA) is 79.6 Å². The van der Waals surface area contributed by atoms with Gasteiger partial charge in [-0.2, -0.15) is 0 Å². The quantitative estimate of drug-likeness (QED) is 0.711. The van der Waals surface area contributed by atoms with Crippen LogP contribution in [0.2, 0.25) is 0 Å². The Bertz CT molecular complexity index is 640. The Balaban J connectivity index is 1.94. The van der Waals surface area contributed by atoms with E-state index >= 15 is 0 Å². The third-order valence-corrected chi connectivity index (χ3v) is 3.85. The minimum atomic E-state index is -0.499. The highest BCUT2D eigenvalue weighted by Gasteiger charge is 2.27. The summed E-state index contributed by atoms with van der Waals surface area (Å²) in [5.74, 6) is -0.371. The smallest absolute Gasteiger partial charge is 0.410 e. The molecule has 1 heterocycles. The summed E-state index contributed by atoms with van der Waals surface area (Å²) in [6, 6.07) is 4.53. The monoisotopic (exact) mass is 368 g/mol. The zero-order valence-corrected chi connectivity index (χ0v) is 15.6. The van der Waals surface area contributed by atoms with Gasteiger partial charge in [0.2, 0.25) is 0 Å². The van der Waals surface area contributed by atoms with Crippen LogP contribution in [0.5, 0.6) is 0 Å². The van der Waals surface area contributed by atoms with Gasteiger partial charge in [-0.1, -0.05) is 0 Å². The molecule has 25 heavy (non-hydrogen) atoms. The number of hydrogen-bond donors (Lipinski definition) is 3. The van der Waals surface area contributed by atoms with Gasteiger partial charge in [0.05, 0.1) is 11.4 Å². The highest BCUT2D eigenvalue weighted by Crippen LogP contribution is 2.26. The molecule has 2 rings (SSSR count). The van der Waals surface area contributed by atoms with Crippen LogP contribution in [0, 0.1) is 5.82 Å². The number of nitrogens with two attached hydrogens (primary N) is 1. The second-order valence-corrected chi connectivity index (χ2v) is 7.50. The molecule has 1 aliphatic rings. The lowest BCUT2D eigenvalue weighted by atomic mass is 10.0. The minimum Gasteiger partial charge on any atom is -0.444 e. The average molecular weight is 368 g/mol. The van der Waals surface area contributed by atoms with E-state index in [0.717, 1.165) is 18.5 Å². The fraction of sp³-hybridized carbons (Fsp3) is 0.529. The zero-order valence-electron chi connectivity index (χ0n) is 14.8. The van der Waals surface area contributed by atoms with Crippen LogP contribution in [0.1, 0.15) is 33.6 Å². The van der Waals surface area contributed by atoms with Crippen molar-refractivity contribution in [3.63, 3.8) is 0 Å². The standard InChI is InChI=1S/C17H25FN4O2S/c1-17(2,3)24-16(23)22-8-6-12(7-9-22)20-13-5-4-11(18)10-14(13)21-15(19)25/h4-5,10,12,20H,6-9H2,1-3H3,(H3,19,21,25). The van der Waals surface area contributed by atoms with Gasteiger partial charge in [-0.3, -0.25) is 0 Å². The van der Waals surface area contributed by atoms with Crippen molar-refractivity contribution >= 4 is 34.8 Å². The molecule has 0 bridgehead atoms. The lowest BCUT2D eigenvalue weighted by molar-refractivity contribution is 0.0210. The minimum absolute atomic E-state index is 0.0772. The highest BCUT2D eigenvalue weighted by atomic mass is 32.1. The maximum atomic E-state index is 13.4. The fourth-order valence-corrected chi connectivity index (χ4v) is 2.74. The number of anilines is 2. The molecule has 138 valence electrons. The van der Waals surface area contributed by atoms with E-state index in [4.69, 9.17) is 22.7 Å². The number of amides is 1. The van der Waals surface area contributed by atoms with Gasteiger partial charge in [-0.05, 0) is 64.0 Å². The SMILES string of the molecule is CC(C)(C)OC(=O)N1CCC(Nc2ccc(F)cc2NC(N)=S)CC1. The highest BCUT2D eigenvalue weighted by molar-refractivity contribution is 7.80. The number of halogens is 1. The summed E-state index contributed by atoms with van der Waals surface area (Å²) in [6.07, 6.45) is 1.25. The maximum Gasteiger partial charge on any atom is 0.410 e. The number of ether oxygens (including phenoxy) is 1. The average Bonchev–Trinajstić information content (AvgIpc) is 2.48. The second-order valence-electron chi connectivity index (χ2n) is 7.07. The van der Waals surface area contributed by atoms with Crippen molar-refractivity contribution in [2.45, 2.75) is 45.3 Å². The van der Waals surface area contributed by atoms with E-state index in [1.165, 1.54) is 12.1 Å². The molecule has 1 amide bonds. The van der Waals surface area contributed by atoms with Crippen LogP contribution in [-0.2, 0) is 4.74 Å². The summed E-state index contributed by atoms with van der Waals surface area (Å²) in [6.45, 7) is 6.76. The first-order chi connectivity index (χ1) is 11.6. The van der Waals surface area contributed by atoms with Gasteiger partial charge >= 0.3 is 6.09 Å². The van der Waals surface area contributed by atoms with Crippen molar-refractivity contribution in [2.24, 2.45) is 5.73 Å². The summed E-state index contributed by atoms with van der Waals surface area (Å²) < 4.78 is 18.8. The summed E-state index contributed by atoms with van der Waals surface area (Å²) in [5, 5.41) is 6.22. The van der Waals surface area contributed by atoms with E-state index in [2.05, 4.69) is 10.6 Å². The van der Waals surface area contributed by atoms with E-state index < -0.39 is 5.60 Å². The number of hydrogen-bond acceptors (Lipinski definition) is 4. The van der Waals surface area contributed by atoms with Crippen LogP contribution in [0.15, 0.2) is 18.2 Å². The first kappa shape index (κ1) is 19.2. The van der Waals surface area contributed by atoms with Crippen LogP contribution in [0.25, 0.3) is 0 Å². The Morgan fingerprint density at radius 3 is 2.52 bits per heavy atom. The Morgan fingerprint density at radius 2 is 1.96 bits per heavy atom. The number of piperidine rings is 1. The van der Waals surface area contributed by atoms with Gasteiger partial charge in [-0.25, -0.2) is 9.18 Å². The van der Waals surface area contributed by atoms with Crippen LogP contribution in [0.4, 0.5) is 20.6 Å². The van der Waals surface area contributed by atoms with Crippen molar-refractivity contribution in [2.75, 3.05) is 23.7 Å². The normalized spacial score (nSPS) is 15.6. The Hall–Kier alpha value is -2.09. The summed E-state index contributed by atoms with van der Waals surface area (Å²) >= 11 is 4.83. The number of rotatable bonds is 3. The lowest BCUT2D eigenvalue weighted by Gasteiger charge is -2.34. The Kier molecular flexibility index (Phi) is 6.05. The molecule has 1 aromatic carbocycles. The predicted molar refractivity (Wildman–Crippen MR) is 101 cm³/mol. The molecule has 4 N–H and O–H groups in total. The molecule has 0 saturated carbocycles. The van der Waals surface area contributed by atoms with Gasteiger partial charge in [0.25, 0.3) is 0 Å². The number of carbonyl (C=O) groups is 1. The molecule has 1 aromatic rings. The van der Waals surface area contributed by atoms with Crippen molar-refractivity contribution < 1.29 is 13.9 Å². The number of thiocarbonyl (C=S) groups is 1. The number of benzene rings is 1.